The monoisotopic (exact) mass is 236 g/mol. The van der Waals surface area contributed by atoms with Crippen molar-refractivity contribution >= 4 is 11.4 Å². The van der Waals surface area contributed by atoms with E-state index in [9.17, 15) is 10.1 Å². The number of nitro benzene ring substituents is 1. The molecule has 1 aliphatic heterocycles. The van der Waals surface area contributed by atoms with Crippen molar-refractivity contribution < 1.29 is 9.66 Å². The Morgan fingerprint density at radius 1 is 1.41 bits per heavy atom. The molecule has 1 unspecified atom stereocenters. The van der Waals surface area contributed by atoms with Gasteiger partial charge in [0.1, 0.15) is 0 Å². The van der Waals surface area contributed by atoms with Crippen LogP contribution in [-0.2, 0) is 4.74 Å². The van der Waals surface area contributed by atoms with Crippen molar-refractivity contribution in [3.05, 3.63) is 34.4 Å². The lowest BCUT2D eigenvalue weighted by Gasteiger charge is -2.22. The lowest BCUT2D eigenvalue weighted by atomic mass is 10.0. The Hall–Kier alpha value is -1.62. The molecule has 1 fully saturated rings. The molecule has 1 aliphatic rings. The molecule has 92 valence electrons. The van der Waals surface area contributed by atoms with Crippen molar-refractivity contribution in [1.82, 2.24) is 0 Å². The third-order valence-corrected chi connectivity index (χ3v) is 2.93. The maximum absolute atomic E-state index is 10.5. The van der Waals surface area contributed by atoms with Gasteiger partial charge in [-0.25, -0.2) is 0 Å². The zero-order chi connectivity index (χ0) is 12.1. The minimum Gasteiger partial charge on any atom is -0.385 e. The first-order chi connectivity index (χ1) is 8.25. The Balaban J connectivity index is 1.84. The maximum atomic E-state index is 10.5. The Kier molecular flexibility index (Phi) is 3.93. The highest BCUT2D eigenvalue weighted by Crippen LogP contribution is 2.18. The van der Waals surface area contributed by atoms with E-state index in [1.165, 1.54) is 18.6 Å². The Labute approximate surface area is 99.9 Å². The lowest BCUT2D eigenvalue weighted by molar-refractivity contribution is -0.384. The summed E-state index contributed by atoms with van der Waals surface area (Å²) in [6, 6.07) is 6.50. The van der Waals surface area contributed by atoms with Gasteiger partial charge in [-0.3, -0.25) is 10.1 Å². The minimum atomic E-state index is -0.390. The largest absolute Gasteiger partial charge is 0.385 e. The summed E-state index contributed by atoms with van der Waals surface area (Å²) in [4.78, 5) is 10.1. The van der Waals surface area contributed by atoms with Gasteiger partial charge in [-0.15, -0.1) is 0 Å². The molecule has 17 heavy (non-hydrogen) atoms. The van der Waals surface area contributed by atoms with Crippen LogP contribution in [0, 0.1) is 16.0 Å². The summed E-state index contributed by atoms with van der Waals surface area (Å²) in [7, 11) is 0. The van der Waals surface area contributed by atoms with Crippen LogP contribution in [0.4, 0.5) is 11.4 Å². The Morgan fingerprint density at radius 3 is 2.76 bits per heavy atom. The zero-order valence-electron chi connectivity index (χ0n) is 9.59. The fourth-order valence-electron chi connectivity index (χ4n) is 1.93. The van der Waals surface area contributed by atoms with Gasteiger partial charge < -0.3 is 10.1 Å². The summed E-state index contributed by atoms with van der Waals surface area (Å²) in [5.74, 6) is 0.541. The van der Waals surface area contributed by atoms with Gasteiger partial charge in [0, 0.05) is 31.0 Å². The van der Waals surface area contributed by atoms with E-state index in [2.05, 4.69) is 5.32 Å². The highest BCUT2D eigenvalue weighted by atomic mass is 16.6. The highest BCUT2D eigenvalue weighted by Gasteiger charge is 2.13. The van der Waals surface area contributed by atoms with Crippen molar-refractivity contribution in [2.45, 2.75) is 12.8 Å². The lowest BCUT2D eigenvalue weighted by Crippen LogP contribution is -2.24. The quantitative estimate of drug-likeness (QED) is 0.644. The van der Waals surface area contributed by atoms with E-state index < -0.39 is 4.92 Å². The highest BCUT2D eigenvalue weighted by molar-refractivity contribution is 5.48. The molecule has 1 aromatic carbocycles. The number of non-ortho nitro benzene ring substituents is 1. The van der Waals surface area contributed by atoms with Crippen LogP contribution < -0.4 is 5.32 Å². The van der Waals surface area contributed by atoms with Crippen molar-refractivity contribution in [3.8, 4) is 0 Å². The molecule has 0 bridgehead atoms. The molecule has 2 rings (SSSR count). The van der Waals surface area contributed by atoms with E-state index in [0.717, 1.165) is 31.9 Å². The smallest absolute Gasteiger partial charge is 0.269 e. The van der Waals surface area contributed by atoms with Gasteiger partial charge in [0.15, 0.2) is 0 Å². The van der Waals surface area contributed by atoms with Crippen molar-refractivity contribution in [1.29, 1.82) is 0 Å². The van der Waals surface area contributed by atoms with Crippen LogP contribution in [0.25, 0.3) is 0 Å². The Morgan fingerprint density at radius 2 is 2.18 bits per heavy atom. The molecule has 0 aliphatic carbocycles. The fraction of sp³-hybridized carbons (Fsp3) is 0.500. The molecular formula is C12H16N2O3. The number of rotatable bonds is 4. The normalized spacial score (nSPS) is 19.9. The molecule has 1 aromatic rings. The first-order valence-corrected chi connectivity index (χ1v) is 5.82. The molecule has 1 heterocycles. The van der Waals surface area contributed by atoms with Crippen LogP contribution in [0.1, 0.15) is 12.8 Å². The summed E-state index contributed by atoms with van der Waals surface area (Å²) < 4.78 is 5.39. The van der Waals surface area contributed by atoms with Crippen molar-refractivity contribution in [2.75, 3.05) is 25.1 Å². The van der Waals surface area contributed by atoms with Crippen molar-refractivity contribution in [3.63, 3.8) is 0 Å². The van der Waals surface area contributed by atoms with E-state index in [0.29, 0.717) is 5.92 Å². The number of hydrogen-bond donors (Lipinski definition) is 1. The summed E-state index contributed by atoms with van der Waals surface area (Å²) >= 11 is 0. The first-order valence-electron chi connectivity index (χ1n) is 5.82. The number of nitrogens with one attached hydrogen (secondary N) is 1. The third kappa shape index (κ3) is 3.42. The summed E-state index contributed by atoms with van der Waals surface area (Å²) in [5, 5.41) is 13.8. The van der Waals surface area contributed by atoms with Gasteiger partial charge in [0.2, 0.25) is 0 Å². The molecule has 5 nitrogen and oxygen atoms in total. The predicted octanol–water partition coefficient (Wildman–Crippen LogP) is 2.43. The van der Waals surface area contributed by atoms with E-state index in [1.54, 1.807) is 12.1 Å². The maximum Gasteiger partial charge on any atom is 0.269 e. The van der Waals surface area contributed by atoms with Gasteiger partial charge in [0.25, 0.3) is 5.69 Å². The fourth-order valence-corrected chi connectivity index (χ4v) is 1.93. The first kappa shape index (κ1) is 11.9. The number of anilines is 1. The molecule has 0 saturated carbocycles. The van der Waals surface area contributed by atoms with Gasteiger partial charge >= 0.3 is 0 Å². The van der Waals surface area contributed by atoms with E-state index in [4.69, 9.17) is 4.74 Å². The molecular weight excluding hydrogens is 220 g/mol. The number of hydrogen-bond acceptors (Lipinski definition) is 4. The van der Waals surface area contributed by atoms with E-state index in [1.807, 2.05) is 0 Å². The van der Waals surface area contributed by atoms with Crippen LogP contribution in [0.15, 0.2) is 24.3 Å². The van der Waals surface area contributed by atoms with E-state index >= 15 is 0 Å². The number of ether oxygens (including phenoxy) is 1. The second-order valence-electron chi connectivity index (χ2n) is 4.27. The molecule has 0 radical (unpaired) electrons. The summed E-state index contributed by atoms with van der Waals surface area (Å²) in [5.41, 5.74) is 1.04. The second kappa shape index (κ2) is 5.63. The van der Waals surface area contributed by atoms with Gasteiger partial charge in [-0.05, 0) is 30.9 Å². The van der Waals surface area contributed by atoms with Crippen LogP contribution in [0.3, 0.4) is 0 Å². The Bertz CT molecular complexity index is 372. The standard InChI is InChI=1S/C12H16N2O3/c15-14(16)12-5-3-11(4-6-12)13-8-10-2-1-7-17-9-10/h3-6,10,13H,1-2,7-9H2. The average molecular weight is 236 g/mol. The second-order valence-corrected chi connectivity index (χ2v) is 4.27. The van der Waals surface area contributed by atoms with Gasteiger partial charge in [-0.2, -0.15) is 0 Å². The number of nitrogens with zero attached hydrogens (tertiary/aromatic N) is 1. The van der Waals surface area contributed by atoms with Gasteiger partial charge in [-0.1, -0.05) is 0 Å². The van der Waals surface area contributed by atoms with E-state index in [-0.39, 0.29) is 5.69 Å². The molecule has 0 aromatic heterocycles. The topological polar surface area (TPSA) is 64.4 Å². The minimum absolute atomic E-state index is 0.122. The van der Waals surface area contributed by atoms with Crippen molar-refractivity contribution in [2.24, 2.45) is 5.92 Å². The summed E-state index contributed by atoms with van der Waals surface area (Å²) in [6.07, 6.45) is 2.30. The SMILES string of the molecule is O=[N+]([O-])c1ccc(NCC2CCCOC2)cc1. The van der Waals surface area contributed by atoms with Crippen LogP contribution >= 0.6 is 0 Å². The van der Waals surface area contributed by atoms with Crippen LogP contribution in [0.5, 0.6) is 0 Å². The number of nitro groups is 1. The molecule has 1 saturated heterocycles. The molecule has 1 atom stereocenters. The third-order valence-electron chi connectivity index (χ3n) is 2.93. The average Bonchev–Trinajstić information content (AvgIpc) is 2.38. The molecule has 1 N–H and O–H groups in total. The summed E-state index contributed by atoms with van der Waals surface area (Å²) in [6.45, 7) is 2.53. The van der Waals surface area contributed by atoms with Crippen LogP contribution in [0.2, 0.25) is 0 Å². The number of benzene rings is 1. The predicted molar refractivity (Wildman–Crippen MR) is 65.1 cm³/mol. The van der Waals surface area contributed by atoms with Gasteiger partial charge in [0.05, 0.1) is 11.5 Å². The molecule has 5 heteroatoms. The van der Waals surface area contributed by atoms with Crippen LogP contribution in [-0.4, -0.2) is 24.7 Å². The zero-order valence-corrected chi connectivity index (χ0v) is 9.59. The molecule has 0 amide bonds. The molecule has 0 spiro atoms.